The Morgan fingerprint density at radius 1 is 1.71 bits per heavy atom. The lowest BCUT2D eigenvalue weighted by Crippen LogP contribution is -2.10. The Bertz CT molecular complexity index is 141. The fourth-order valence-electron chi connectivity index (χ4n) is 1.47. The summed E-state index contributed by atoms with van der Waals surface area (Å²) in [6.07, 6.45) is 3.73. The van der Waals surface area contributed by atoms with Crippen LogP contribution in [0.2, 0.25) is 0 Å². The molecule has 2 rings (SSSR count). The van der Waals surface area contributed by atoms with Crippen LogP contribution >= 0.6 is 0 Å². The molecule has 2 fully saturated rings. The first kappa shape index (κ1) is 3.49. The van der Waals surface area contributed by atoms with E-state index in [4.69, 9.17) is 5.26 Å². The molecule has 0 N–H and O–H groups in total. The molecule has 0 aromatic rings. The third-order valence-corrected chi connectivity index (χ3v) is 2.39. The lowest BCUT2D eigenvalue weighted by atomic mass is 9.86. The van der Waals surface area contributed by atoms with Crippen LogP contribution in [0.4, 0.5) is 0 Å². The number of rotatable bonds is 0. The van der Waals surface area contributed by atoms with Crippen LogP contribution in [0.5, 0.6) is 0 Å². The quantitative estimate of drug-likeness (QED) is 0.443. The minimum atomic E-state index is 0.236. The molecule has 0 amide bonds. The van der Waals surface area contributed by atoms with Crippen molar-refractivity contribution in [2.24, 2.45) is 11.3 Å². The first-order chi connectivity index (χ1) is 3.37. The van der Waals surface area contributed by atoms with E-state index < -0.39 is 0 Å². The topological polar surface area (TPSA) is 23.8 Å². The van der Waals surface area contributed by atoms with Gasteiger partial charge < -0.3 is 0 Å². The summed E-state index contributed by atoms with van der Waals surface area (Å²) < 4.78 is 0. The average molecular weight is 93.1 g/mol. The highest BCUT2D eigenvalue weighted by Crippen LogP contribution is 2.66. The molecule has 0 bridgehead atoms. The van der Waals surface area contributed by atoms with Crippen molar-refractivity contribution < 1.29 is 0 Å². The van der Waals surface area contributed by atoms with E-state index in [-0.39, 0.29) is 5.41 Å². The van der Waals surface area contributed by atoms with Gasteiger partial charge in [-0.25, -0.2) is 0 Å². The molecule has 0 saturated heterocycles. The van der Waals surface area contributed by atoms with Gasteiger partial charge in [0.15, 0.2) is 0 Å². The third-order valence-electron chi connectivity index (χ3n) is 2.39. The second kappa shape index (κ2) is 0.709. The van der Waals surface area contributed by atoms with E-state index in [9.17, 15) is 0 Å². The van der Waals surface area contributed by atoms with Gasteiger partial charge in [0.05, 0.1) is 11.5 Å². The second-order valence-corrected chi connectivity index (χ2v) is 2.71. The smallest absolute Gasteiger partial charge is 0.0692 e. The van der Waals surface area contributed by atoms with Crippen LogP contribution in [0.1, 0.15) is 19.3 Å². The van der Waals surface area contributed by atoms with Crippen molar-refractivity contribution >= 4 is 0 Å². The van der Waals surface area contributed by atoms with Gasteiger partial charge in [0.25, 0.3) is 0 Å². The number of hydrogen-bond donors (Lipinski definition) is 0. The van der Waals surface area contributed by atoms with Crippen LogP contribution in [-0.2, 0) is 0 Å². The van der Waals surface area contributed by atoms with E-state index in [0.29, 0.717) is 0 Å². The maximum atomic E-state index is 8.44. The van der Waals surface area contributed by atoms with Crippen molar-refractivity contribution in [3.05, 3.63) is 0 Å². The van der Waals surface area contributed by atoms with Crippen molar-refractivity contribution in [1.29, 1.82) is 5.26 Å². The Morgan fingerprint density at radius 2 is 2.57 bits per heavy atom. The molecule has 1 nitrogen and oxygen atoms in total. The van der Waals surface area contributed by atoms with Gasteiger partial charge in [-0.15, -0.1) is 0 Å². The number of fused-ring (bicyclic) bond motifs is 1. The zero-order chi connectivity index (χ0) is 4.91. The Labute approximate surface area is 42.9 Å². The standard InChI is InChI=1S/C6H7N/c7-4-6-2-1-5(6)3-6/h5H,1-3H2. The first-order valence-electron chi connectivity index (χ1n) is 2.79. The van der Waals surface area contributed by atoms with E-state index in [2.05, 4.69) is 6.07 Å². The molecule has 1 heteroatoms. The van der Waals surface area contributed by atoms with Gasteiger partial charge >= 0.3 is 0 Å². The van der Waals surface area contributed by atoms with E-state index in [1.807, 2.05) is 0 Å². The van der Waals surface area contributed by atoms with Crippen molar-refractivity contribution in [3.63, 3.8) is 0 Å². The van der Waals surface area contributed by atoms with E-state index in [1.165, 1.54) is 19.3 Å². The molecule has 2 atom stereocenters. The average Bonchev–Trinajstić information content (AvgIpc) is 2.12. The Kier molecular flexibility index (Phi) is 0.353. The third kappa shape index (κ3) is 0.219. The maximum Gasteiger partial charge on any atom is 0.0692 e. The summed E-state index contributed by atoms with van der Waals surface area (Å²) in [6.45, 7) is 0. The fraction of sp³-hybridized carbons (Fsp3) is 0.833. The Hall–Kier alpha value is -0.510. The number of nitriles is 1. The summed E-state index contributed by atoms with van der Waals surface area (Å²) in [5.74, 6) is 0.831. The largest absolute Gasteiger partial charge is 0.198 e. The maximum absolute atomic E-state index is 8.44. The van der Waals surface area contributed by atoms with Crippen LogP contribution in [0.25, 0.3) is 0 Å². The highest BCUT2D eigenvalue weighted by atomic mass is 14.6. The van der Waals surface area contributed by atoms with Crippen LogP contribution < -0.4 is 0 Å². The molecule has 2 unspecified atom stereocenters. The normalized spacial score (nSPS) is 53.9. The van der Waals surface area contributed by atoms with Gasteiger partial charge in [-0.05, 0) is 25.2 Å². The van der Waals surface area contributed by atoms with Crippen LogP contribution in [0, 0.1) is 22.7 Å². The Morgan fingerprint density at radius 3 is 2.57 bits per heavy atom. The van der Waals surface area contributed by atoms with Gasteiger partial charge in [-0.2, -0.15) is 5.26 Å². The van der Waals surface area contributed by atoms with Crippen molar-refractivity contribution in [2.45, 2.75) is 19.3 Å². The molecule has 2 aliphatic carbocycles. The van der Waals surface area contributed by atoms with Gasteiger partial charge in [0.2, 0.25) is 0 Å². The monoisotopic (exact) mass is 93.1 g/mol. The van der Waals surface area contributed by atoms with Crippen LogP contribution in [0.3, 0.4) is 0 Å². The van der Waals surface area contributed by atoms with Gasteiger partial charge in [-0.3, -0.25) is 0 Å². The van der Waals surface area contributed by atoms with E-state index in [0.717, 1.165) is 5.92 Å². The zero-order valence-corrected chi connectivity index (χ0v) is 4.15. The molecule has 0 aromatic carbocycles. The molecule has 0 aliphatic heterocycles. The molecule has 2 aliphatic rings. The lowest BCUT2D eigenvalue weighted by Gasteiger charge is -2.15. The summed E-state index contributed by atoms with van der Waals surface area (Å²) in [5.41, 5.74) is 0.236. The Balaban J connectivity index is 2.24. The van der Waals surface area contributed by atoms with E-state index >= 15 is 0 Å². The fourth-order valence-corrected chi connectivity index (χ4v) is 1.47. The predicted molar refractivity (Wildman–Crippen MR) is 25.4 cm³/mol. The molecular formula is C6H7N. The van der Waals surface area contributed by atoms with Gasteiger partial charge in [-0.1, -0.05) is 0 Å². The predicted octanol–water partition coefficient (Wildman–Crippen LogP) is 1.31. The molecule has 0 heterocycles. The summed E-state index contributed by atoms with van der Waals surface area (Å²) in [5, 5.41) is 8.44. The van der Waals surface area contributed by atoms with Crippen molar-refractivity contribution in [1.82, 2.24) is 0 Å². The highest BCUT2D eigenvalue weighted by Gasteiger charge is 2.61. The molecular weight excluding hydrogens is 86.1 g/mol. The number of hydrogen-bond acceptors (Lipinski definition) is 1. The molecule has 0 aromatic heterocycles. The zero-order valence-electron chi connectivity index (χ0n) is 4.15. The van der Waals surface area contributed by atoms with Crippen molar-refractivity contribution in [2.75, 3.05) is 0 Å². The molecule has 36 valence electrons. The van der Waals surface area contributed by atoms with Crippen LogP contribution in [-0.4, -0.2) is 0 Å². The lowest BCUT2D eigenvalue weighted by molar-refractivity contribution is 0.378. The minimum Gasteiger partial charge on any atom is -0.198 e. The minimum absolute atomic E-state index is 0.236. The van der Waals surface area contributed by atoms with Gasteiger partial charge in [0, 0.05) is 0 Å². The SMILES string of the molecule is N#CC12CCC1C2. The summed E-state index contributed by atoms with van der Waals surface area (Å²) >= 11 is 0. The highest BCUT2D eigenvalue weighted by molar-refractivity contribution is 5.22. The summed E-state index contributed by atoms with van der Waals surface area (Å²) in [7, 11) is 0. The summed E-state index contributed by atoms with van der Waals surface area (Å²) in [4.78, 5) is 0. The molecule has 2 saturated carbocycles. The molecule has 7 heavy (non-hydrogen) atoms. The number of nitrogens with zero attached hydrogens (tertiary/aromatic N) is 1. The first-order valence-corrected chi connectivity index (χ1v) is 2.79. The van der Waals surface area contributed by atoms with Gasteiger partial charge in [0.1, 0.15) is 0 Å². The molecule has 0 spiro atoms. The van der Waals surface area contributed by atoms with E-state index in [1.54, 1.807) is 0 Å². The van der Waals surface area contributed by atoms with Crippen LogP contribution in [0.15, 0.2) is 0 Å². The second-order valence-electron chi connectivity index (χ2n) is 2.71. The summed E-state index contributed by atoms with van der Waals surface area (Å²) in [6, 6.07) is 2.35. The molecule has 0 radical (unpaired) electrons. The van der Waals surface area contributed by atoms with Crippen molar-refractivity contribution in [3.8, 4) is 6.07 Å².